The van der Waals surface area contributed by atoms with Crippen LogP contribution in [0.25, 0.3) is 5.69 Å². The summed E-state index contributed by atoms with van der Waals surface area (Å²) < 4.78 is 22.1. The van der Waals surface area contributed by atoms with Gasteiger partial charge in [0, 0.05) is 24.1 Å². The molecule has 11 heteroatoms. The molecule has 0 saturated heterocycles. The van der Waals surface area contributed by atoms with Crippen molar-refractivity contribution < 1.29 is 18.7 Å². The number of hydrogen-bond donors (Lipinski definition) is 4. The number of amides is 2. The second-order valence-corrected chi connectivity index (χ2v) is 9.99. The number of carbonyl (C=O) groups is 2. The van der Waals surface area contributed by atoms with Crippen LogP contribution in [0.3, 0.4) is 0 Å². The number of hydrogen-bond acceptors (Lipinski definition) is 7. The Kier molecular flexibility index (Phi) is 7.61. The second kappa shape index (κ2) is 10.9. The zero-order valence-electron chi connectivity index (χ0n) is 21.1. The smallest absolute Gasteiger partial charge is 0.407 e. The van der Waals surface area contributed by atoms with Gasteiger partial charge in [-0.3, -0.25) is 4.79 Å². The molecule has 2 amide bonds. The Balaban J connectivity index is 1.57. The second-order valence-electron chi connectivity index (χ2n) is 9.99. The topological polar surface area (TPSA) is 136 Å². The molecule has 1 aliphatic carbocycles. The lowest BCUT2D eigenvalue weighted by atomic mass is 9.90. The molecule has 0 bridgehead atoms. The number of pyridine rings is 1. The Morgan fingerprint density at radius 2 is 1.86 bits per heavy atom. The van der Waals surface area contributed by atoms with Crippen molar-refractivity contribution in [2.75, 3.05) is 10.6 Å². The maximum absolute atomic E-state index is 15.1. The van der Waals surface area contributed by atoms with Gasteiger partial charge >= 0.3 is 6.09 Å². The zero-order valence-corrected chi connectivity index (χ0v) is 21.1. The minimum absolute atomic E-state index is 0.0429. The third-order valence-electron chi connectivity index (χ3n) is 5.91. The summed E-state index contributed by atoms with van der Waals surface area (Å²) in [4.78, 5) is 28.8. The van der Waals surface area contributed by atoms with E-state index in [9.17, 15) is 9.59 Å². The highest BCUT2D eigenvalue weighted by atomic mass is 19.1. The molecule has 196 valence electrons. The van der Waals surface area contributed by atoms with Crippen LogP contribution in [0.5, 0.6) is 0 Å². The summed E-state index contributed by atoms with van der Waals surface area (Å²) in [5.41, 5.74) is 6.21. The molecule has 1 saturated carbocycles. The van der Waals surface area contributed by atoms with Gasteiger partial charge in [-0.15, -0.1) is 0 Å². The molecule has 1 fully saturated rings. The van der Waals surface area contributed by atoms with E-state index in [1.165, 1.54) is 0 Å². The standard InChI is InChI=1S/C26H32FN7O3/c1-26(2,3)37-25(36)32-21-11-5-4-10-20(21)31-24-19(27)15-18(22(28)35)23(33-24)30-16-8-6-9-17(14-16)34-13-7-12-29-34/h6-9,12-15,20-21H,4-5,10-11H2,1-3H3,(H2,28,35)(H,32,36)(H2,30,31,33)/t20-,21+/m1/s1. The number of aromatic nitrogens is 3. The molecule has 4 rings (SSSR count). The Bertz CT molecular complexity index is 1260. The number of alkyl carbamates (subject to hydrolysis) is 1. The van der Waals surface area contributed by atoms with E-state index in [1.54, 1.807) is 50.0 Å². The Morgan fingerprint density at radius 3 is 2.54 bits per heavy atom. The molecule has 1 aromatic carbocycles. The van der Waals surface area contributed by atoms with Crippen LogP contribution >= 0.6 is 0 Å². The molecule has 0 aliphatic heterocycles. The predicted molar refractivity (Wildman–Crippen MR) is 139 cm³/mol. The molecule has 0 spiro atoms. The van der Waals surface area contributed by atoms with Crippen LogP contribution in [0.2, 0.25) is 0 Å². The molecule has 10 nitrogen and oxygen atoms in total. The molecule has 5 N–H and O–H groups in total. The summed E-state index contributed by atoms with van der Waals surface area (Å²) in [6.45, 7) is 5.38. The zero-order chi connectivity index (χ0) is 26.6. The highest BCUT2D eigenvalue weighted by Gasteiger charge is 2.30. The van der Waals surface area contributed by atoms with Crippen LogP contribution in [-0.2, 0) is 4.74 Å². The van der Waals surface area contributed by atoms with Crippen LogP contribution in [0.1, 0.15) is 56.8 Å². The molecule has 0 radical (unpaired) electrons. The Hall–Kier alpha value is -4.15. The minimum Gasteiger partial charge on any atom is -0.444 e. The Labute approximate surface area is 214 Å². The summed E-state index contributed by atoms with van der Waals surface area (Å²) in [7, 11) is 0. The Morgan fingerprint density at radius 1 is 1.11 bits per heavy atom. The summed E-state index contributed by atoms with van der Waals surface area (Å²) in [5, 5.41) is 13.3. The van der Waals surface area contributed by atoms with Crippen LogP contribution in [0, 0.1) is 5.82 Å². The van der Waals surface area contributed by atoms with E-state index >= 15 is 4.39 Å². The monoisotopic (exact) mass is 509 g/mol. The molecule has 37 heavy (non-hydrogen) atoms. The molecule has 2 aromatic heterocycles. The lowest BCUT2D eigenvalue weighted by Crippen LogP contribution is -2.50. The first-order valence-corrected chi connectivity index (χ1v) is 12.2. The van der Waals surface area contributed by atoms with Crippen molar-refractivity contribution in [3.05, 3.63) is 60.2 Å². The number of halogens is 1. The predicted octanol–water partition coefficient (Wildman–Crippen LogP) is 4.50. The fourth-order valence-electron chi connectivity index (χ4n) is 4.27. The maximum atomic E-state index is 15.1. The van der Waals surface area contributed by atoms with Gasteiger partial charge in [-0.25, -0.2) is 18.9 Å². The molecule has 1 aliphatic rings. The lowest BCUT2D eigenvalue weighted by molar-refractivity contribution is 0.0488. The minimum atomic E-state index is -0.814. The fraction of sp³-hybridized carbons (Fsp3) is 0.385. The summed E-state index contributed by atoms with van der Waals surface area (Å²) in [6.07, 6.45) is 6.20. The number of nitrogens with zero attached hydrogens (tertiary/aromatic N) is 3. The highest BCUT2D eigenvalue weighted by Crippen LogP contribution is 2.28. The molecule has 2 atom stereocenters. The third kappa shape index (κ3) is 6.75. The molecular weight excluding hydrogens is 477 g/mol. The van der Waals surface area contributed by atoms with Gasteiger partial charge in [-0.05, 0) is 63.9 Å². The van der Waals surface area contributed by atoms with E-state index in [2.05, 4.69) is 26.0 Å². The van der Waals surface area contributed by atoms with Crippen molar-refractivity contribution in [3.8, 4) is 5.69 Å². The van der Waals surface area contributed by atoms with Gasteiger partial charge < -0.3 is 26.4 Å². The van der Waals surface area contributed by atoms with E-state index < -0.39 is 23.4 Å². The largest absolute Gasteiger partial charge is 0.444 e. The molecule has 2 heterocycles. The van der Waals surface area contributed by atoms with E-state index in [-0.39, 0.29) is 29.3 Å². The number of carbonyl (C=O) groups excluding carboxylic acids is 2. The number of benzene rings is 1. The summed E-state index contributed by atoms with van der Waals surface area (Å²) in [5.74, 6) is -1.46. The number of nitrogens with one attached hydrogen (secondary N) is 3. The van der Waals surface area contributed by atoms with Crippen molar-refractivity contribution in [2.24, 2.45) is 5.73 Å². The lowest BCUT2D eigenvalue weighted by Gasteiger charge is -2.34. The van der Waals surface area contributed by atoms with Gasteiger partial charge in [-0.2, -0.15) is 5.10 Å². The summed E-state index contributed by atoms with van der Waals surface area (Å²) in [6, 6.07) is 9.62. The number of anilines is 3. The first kappa shape index (κ1) is 25.9. The molecule has 0 unspecified atom stereocenters. The average molecular weight is 510 g/mol. The number of ether oxygens (including phenoxy) is 1. The van der Waals surface area contributed by atoms with Gasteiger partial charge in [0.25, 0.3) is 5.91 Å². The van der Waals surface area contributed by atoms with Gasteiger partial charge in [0.1, 0.15) is 11.4 Å². The van der Waals surface area contributed by atoms with E-state index in [0.29, 0.717) is 18.5 Å². The summed E-state index contributed by atoms with van der Waals surface area (Å²) >= 11 is 0. The van der Waals surface area contributed by atoms with Crippen LogP contribution in [0.15, 0.2) is 48.8 Å². The molecular formula is C26H32FN7O3. The first-order valence-electron chi connectivity index (χ1n) is 12.2. The van der Waals surface area contributed by atoms with Crippen molar-refractivity contribution in [2.45, 2.75) is 64.1 Å². The SMILES string of the molecule is CC(C)(C)OC(=O)N[C@H]1CCCC[C@H]1Nc1nc(Nc2cccc(-n3cccn3)c2)c(C(N)=O)cc1F. The highest BCUT2D eigenvalue weighted by molar-refractivity contribution is 5.98. The van der Waals surface area contributed by atoms with Crippen molar-refractivity contribution in [1.82, 2.24) is 20.1 Å². The van der Waals surface area contributed by atoms with Gasteiger partial charge in [0.05, 0.1) is 17.3 Å². The normalized spacial score (nSPS) is 17.6. The van der Waals surface area contributed by atoms with Crippen LogP contribution in [-0.4, -0.2) is 44.4 Å². The van der Waals surface area contributed by atoms with E-state index in [4.69, 9.17) is 10.5 Å². The number of nitrogens with two attached hydrogens (primary N) is 1. The maximum Gasteiger partial charge on any atom is 0.407 e. The van der Waals surface area contributed by atoms with E-state index in [0.717, 1.165) is 24.6 Å². The van der Waals surface area contributed by atoms with Gasteiger partial charge in [0.15, 0.2) is 11.6 Å². The third-order valence-corrected chi connectivity index (χ3v) is 5.91. The number of rotatable bonds is 7. The number of primary amides is 1. The van der Waals surface area contributed by atoms with Crippen molar-refractivity contribution >= 4 is 29.3 Å². The van der Waals surface area contributed by atoms with Crippen LogP contribution in [0.4, 0.5) is 26.5 Å². The fourth-order valence-corrected chi connectivity index (χ4v) is 4.27. The average Bonchev–Trinajstić information content (AvgIpc) is 3.36. The van der Waals surface area contributed by atoms with E-state index in [1.807, 2.05) is 18.2 Å². The van der Waals surface area contributed by atoms with Gasteiger partial charge in [-0.1, -0.05) is 18.9 Å². The first-order chi connectivity index (χ1) is 17.6. The van der Waals surface area contributed by atoms with Crippen molar-refractivity contribution in [1.29, 1.82) is 0 Å². The quantitative estimate of drug-likeness (QED) is 0.368. The van der Waals surface area contributed by atoms with Crippen molar-refractivity contribution in [3.63, 3.8) is 0 Å². The molecule has 3 aromatic rings. The van der Waals surface area contributed by atoms with Gasteiger partial charge in [0.2, 0.25) is 0 Å². The van der Waals surface area contributed by atoms with Crippen LogP contribution < -0.4 is 21.7 Å².